The van der Waals surface area contributed by atoms with Crippen LogP contribution in [0.3, 0.4) is 0 Å². The van der Waals surface area contributed by atoms with E-state index in [0.717, 1.165) is 46.4 Å². The predicted molar refractivity (Wildman–Crippen MR) is 84.3 cm³/mol. The van der Waals surface area contributed by atoms with Gasteiger partial charge in [0.2, 0.25) is 0 Å². The largest absolute Gasteiger partial charge is 0.398 e. The molecule has 0 spiro atoms. The molecule has 2 rings (SSSR count). The van der Waals surface area contributed by atoms with Crippen molar-refractivity contribution < 1.29 is 0 Å². The van der Waals surface area contributed by atoms with Crippen molar-refractivity contribution in [1.29, 1.82) is 0 Å². The minimum absolute atomic E-state index is 0.324. The van der Waals surface area contributed by atoms with E-state index in [1.807, 2.05) is 23.7 Å². The number of anilines is 1. The molecule has 1 aromatic heterocycles. The number of nitrogens with two attached hydrogens (primary N) is 1. The van der Waals surface area contributed by atoms with Crippen molar-refractivity contribution in [3.8, 4) is 11.4 Å². The Morgan fingerprint density at radius 3 is 2.75 bits per heavy atom. The zero-order valence-electron chi connectivity index (χ0n) is 12.1. The Bertz CT molecular complexity index is 593. The van der Waals surface area contributed by atoms with Gasteiger partial charge in [0.05, 0.1) is 6.04 Å². The number of tetrazole rings is 1. The molecule has 6 heteroatoms. The second kappa shape index (κ2) is 6.35. The van der Waals surface area contributed by atoms with E-state index in [2.05, 4.69) is 45.3 Å². The Balaban J connectivity index is 2.52. The summed E-state index contributed by atoms with van der Waals surface area (Å²) in [5, 5.41) is 12.2. The molecule has 0 radical (unpaired) electrons. The first-order valence-electron chi connectivity index (χ1n) is 6.92. The molecule has 1 unspecified atom stereocenters. The number of hydrogen-bond donors (Lipinski definition) is 1. The molecule has 0 aliphatic rings. The van der Waals surface area contributed by atoms with Crippen molar-refractivity contribution in [1.82, 2.24) is 20.2 Å². The lowest BCUT2D eigenvalue weighted by Gasteiger charge is -2.17. The van der Waals surface area contributed by atoms with Gasteiger partial charge in [-0.3, -0.25) is 0 Å². The lowest BCUT2D eigenvalue weighted by atomic mass is 10.0. The predicted octanol–water partition coefficient (Wildman–Crippen LogP) is 3.74. The molecule has 0 fully saturated rings. The topological polar surface area (TPSA) is 69.6 Å². The highest BCUT2D eigenvalue weighted by Gasteiger charge is 2.19. The Morgan fingerprint density at radius 1 is 1.35 bits per heavy atom. The number of rotatable bonds is 5. The molecule has 0 saturated carbocycles. The number of hydrogen-bond acceptors (Lipinski definition) is 4. The van der Waals surface area contributed by atoms with Crippen LogP contribution in [0, 0.1) is 6.92 Å². The van der Waals surface area contributed by atoms with E-state index in [1.54, 1.807) is 0 Å². The van der Waals surface area contributed by atoms with E-state index in [9.17, 15) is 0 Å². The van der Waals surface area contributed by atoms with Crippen LogP contribution >= 0.6 is 15.9 Å². The molecule has 0 amide bonds. The summed E-state index contributed by atoms with van der Waals surface area (Å²) in [5.41, 5.74) is 8.77. The van der Waals surface area contributed by atoms with Crippen LogP contribution in [-0.2, 0) is 0 Å². The van der Waals surface area contributed by atoms with Crippen molar-refractivity contribution in [2.75, 3.05) is 5.73 Å². The molecule has 1 heterocycles. The molecule has 108 valence electrons. The minimum Gasteiger partial charge on any atom is -0.398 e. The summed E-state index contributed by atoms with van der Waals surface area (Å²) in [6.07, 6.45) is 3.18. The Morgan fingerprint density at radius 2 is 2.10 bits per heavy atom. The van der Waals surface area contributed by atoms with Gasteiger partial charge in [-0.1, -0.05) is 36.2 Å². The zero-order valence-corrected chi connectivity index (χ0v) is 13.7. The molecule has 5 nitrogen and oxygen atoms in total. The number of nitrogen functional groups attached to an aromatic ring is 1. The number of benzene rings is 1. The van der Waals surface area contributed by atoms with Gasteiger partial charge in [0.15, 0.2) is 5.82 Å². The summed E-state index contributed by atoms with van der Waals surface area (Å²) in [6, 6.07) is 4.24. The van der Waals surface area contributed by atoms with E-state index < -0.39 is 0 Å². The van der Waals surface area contributed by atoms with Crippen molar-refractivity contribution in [2.45, 2.75) is 46.1 Å². The minimum atomic E-state index is 0.324. The van der Waals surface area contributed by atoms with E-state index in [4.69, 9.17) is 5.73 Å². The van der Waals surface area contributed by atoms with E-state index in [1.165, 1.54) is 0 Å². The maximum Gasteiger partial charge on any atom is 0.182 e. The first-order valence-corrected chi connectivity index (χ1v) is 7.71. The van der Waals surface area contributed by atoms with Gasteiger partial charge in [-0.05, 0) is 47.9 Å². The number of aromatic nitrogens is 4. The van der Waals surface area contributed by atoms with Crippen molar-refractivity contribution >= 4 is 21.6 Å². The molecule has 2 N–H and O–H groups in total. The maximum atomic E-state index is 6.04. The average molecular weight is 338 g/mol. The standard InChI is InChI=1S/C14H20BrN5/c1-4-6-11(5-2)20-14(17-18-19-20)12-7-10(15)8-13(16)9(12)3/h7-8,11H,4-6,16H2,1-3H3. The Labute approximate surface area is 127 Å². The zero-order chi connectivity index (χ0) is 14.7. The Kier molecular flexibility index (Phi) is 4.75. The molecule has 0 aliphatic carbocycles. The lowest BCUT2D eigenvalue weighted by molar-refractivity contribution is 0.403. The molecule has 1 aromatic carbocycles. The fourth-order valence-corrected chi connectivity index (χ4v) is 2.86. The fourth-order valence-electron chi connectivity index (χ4n) is 2.38. The smallest absolute Gasteiger partial charge is 0.182 e. The van der Waals surface area contributed by atoms with Gasteiger partial charge in [-0.2, -0.15) is 0 Å². The SMILES string of the molecule is CCCC(CC)n1nnnc1-c1cc(Br)cc(N)c1C. The van der Waals surface area contributed by atoms with Crippen LogP contribution in [0.25, 0.3) is 11.4 Å². The van der Waals surface area contributed by atoms with Crippen molar-refractivity contribution in [3.05, 3.63) is 22.2 Å². The molecule has 0 saturated heterocycles. The number of nitrogens with zero attached hydrogens (tertiary/aromatic N) is 4. The highest BCUT2D eigenvalue weighted by molar-refractivity contribution is 9.10. The van der Waals surface area contributed by atoms with Gasteiger partial charge in [-0.15, -0.1) is 5.10 Å². The quantitative estimate of drug-likeness (QED) is 0.843. The van der Waals surface area contributed by atoms with Gasteiger partial charge in [0.25, 0.3) is 0 Å². The molecular weight excluding hydrogens is 318 g/mol. The average Bonchev–Trinajstić information content (AvgIpc) is 2.89. The van der Waals surface area contributed by atoms with Crippen LogP contribution in [0.4, 0.5) is 5.69 Å². The van der Waals surface area contributed by atoms with Gasteiger partial charge in [0.1, 0.15) is 0 Å². The third kappa shape index (κ3) is 2.85. The molecule has 20 heavy (non-hydrogen) atoms. The lowest BCUT2D eigenvalue weighted by Crippen LogP contribution is -2.12. The third-order valence-corrected chi connectivity index (χ3v) is 4.04. The summed E-state index contributed by atoms with van der Waals surface area (Å²) < 4.78 is 2.87. The first-order chi connectivity index (χ1) is 9.58. The summed E-state index contributed by atoms with van der Waals surface area (Å²) in [7, 11) is 0. The highest BCUT2D eigenvalue weighted by Crippen LogP contribution is 2.31. The first kappa shape index (κ1) is 15.0. The van der Waals surface area contributed by atoms with Gasteiger partial charge >= 0.3 is 0 Å². The second-order valence-electron chi connectivity index (χ2n) is 4.97. The summed E-state index contributed by atoms with van der Waals surface area (Å²) in [5.74, 6) is 0.788. The second-order valence-corrected chi connectivity index (χ2v) is 5.88. The van der Waals surface area contributed by atoms with Gasteiger partial charge < -0.3 is 5.73 Å². The summed E-state index contributed by atoms with van der Waals surface area (Å²) in [4.78, 5) is 0. The molecule has 0 aliphatic heterocycles. The molecular formula is C14H20BrN5. The summed E-state index contributed by atoms with van der Waals surface area (Å²) in [6.45, 7) is 6.33. The van der Waals surface area contributed by atoms with Crippen LogP contribution < -0.4 is 5.73 Å². The monoisotopic (exact) mass is 337 g/mol. The van der Waals surface area contributed by atoms with Crippen LogP contribution in [-0.4, -0.2) is 20.2 Å². The normalized spacial score (nSPS) is 12.6. The van der Waals surface area contributed by atoms with E-state index in [0.29, 0.717) is 6.04 Å². The number of halogens is 1. The van der Waals surface area contributed by atoms with Crippen LogP contribution in [0.15, 0.2) is 16.6 Å². The van der Waals surface area contributed by atoms with Gasteiger partial charge in [0, 0.05) is 15.7 Å². The Hall–Kier alpha value is -1.43. The van der Waals surface area contributed by atoms with Gasteiger partial charge in [-0.25, -0.2) is 4.68 Å². The molecule has 0 bridgehead atoms. The maximum absolute atomic E-state index is 6.04. The van der Waals surface area contributed by atoms with E-state index in [-0.39, 0.29) is 0 Å². The van der Waals surface area contributed by atoms with Crippen molar-refractivity contribution in [2.24, 2.45) is 0 Å². The third-order valence-electron chi connectivity index (χ3n) is 3.59. The van der Waals surface area contributed by atoms with Crippen LogP contribution in [0.5, 0.6) is 0 Å². The highest BCUT2D eigenvalue weighted by atomic mass is 79.9. The van der Waals surface area contributed by atoms with Crippen LogP contribution in [0.2, 0.25) is 0 Å². The molecule has 2 aromatic rings. The van der Waals surface area contributed by atoms with Crippen LogP contribution in [0.1, 0.15) is 44.7 Å². The van der Waals surface area contributed by atoms with Crippen molar-refractivity contribution in [3.63, 3.8) is 0 Å². The summed E-state index contributed by atoms with van der Waals surface area (Å²) >= 11 is 3.48. The van der Waals surface area contributed by atoms with E-state index >= 15 is 0 Å². The fraction of sp³-hybridized carbons (Fsp3) is 0.500. The molecule has 1 atom stereocenters.